The average Bonchev–Trinajstić information content (AvgIpc) is 1.52. The minimum atomic E-state index is -1.81. The highest BCUT2D eigenvalue weighted by molar-refractivity contribution is 6.88. The van der Waals surface area contributed by atoms with Gasteiger partial charge in [0.15, 0.2) is 0 Å². The van der Waals surface area contributed by atoms with Crippen LogP contribution < -0.4 is 19.9 Å². The summed E-state index contributed by atoms with van der Waals surface area (Å²) in [5, 5.41) is 5.84. The molecule has 14 rings (SSSR count). The number of hydrogen-bond acceptors (Lipinski definition) is 4. The number of furan rings is 1. The molecule has 1 unspecified atom stereocenters. The van der Waals surface area contributed by atoms with Crippen molar-refractivity contribution in [2.75, 3.05) is 14.7 Å². The van der Waals surface area contributed by atoms with E-state index < -0.39 is 13.5 Å². The number of anilines is 9. The largest absolute Gasteiger partial charge is 0.455 e. The molecular formula is C90H89N3OSi. The van der Waals surface area contributed by atoms with Crippen LogP contribution in [-0.4, -0.2) is 8.07 Å². The van der Waals surface area contributed by atoms with Crippen LogP contribution in [0.1, 0.15) is 128 Å². The first-order valence-corrected chi connectivity index (χ1v) is 37.5. The number of nitrogens with zero attached hydrogens (tertiary/aromatic N) is 3. The molecule has 0 saturated heterocycles. The third-order valence-corrected chi connectivity index (χ3v) is 22.0. The normalized spacial score (nSPS) is 14.3. The third-order valence-electron chi connectivity index (χ3n) is 19.9. The van der Waals surface area contributed by atoms with Gasteiger partial charge in [-0.25, -0.2) is 0 Å². The zero-order valence-corrected chi connectivity index (χ0v) is 59.2. The first-order chi connectivity index (χ1) is 45.3. The van der Waals surface area contributed by atoms with E-state index in [0.29, 0.717) is 0 Å². The van der Waals surface area contributed by atoms with Crippen molar-refractivity contribution in [2.24, 2.45) is 0 Å². The molecule has 1 heterocycles. The molecule has 0 radical (unpaired) electrons. The van der Waals surface area contributed by atoms with Crippen molar-refractivity contribution >= 4 is 97.2 Å². The summed E-state index contributed by atoms with van der Waals surface area (Å²) >= 11 is 0. The van der Waals surface area contributed by atoms with E-state index in [9.17, 15) is 0 Å². The second-order valence-corrected chi connectivity index (χ2v) is 36.6. The molecule has 0 fully saturated rings. The fourth-order valence-electron chi connectivity index (χ4n) is 14.6. The van der Waals surface area contributed by atoms with Crippen molar-refractivity contribution in [3.05, 3.63) is 311 Å². The van der Waals surface area contributed by atoms with Gasteiger partial charge in [0.05, 0.1) is 30.2 Å². The average molecular weight is 1260 g/mol. The molecule has 0 aliphatic heterocycles. The zero-order chi connectivity index (χ0) is 66.6. The Bertz CT molecular complexity index is 4900. The fraction of sp³-hybridized carbons (Fsp3) is 0.222. The van der Waals surface area contributed by atoms with Crippen LogP contribution in [0, 0.1) is 0 Å². The highest BCUT2D eigenvalue weighted by atomic mass is 28.3. The van der Waals surface area contributed by atoms with Gasteiger partial charge in [0.1, 0.15) is 11.2 Å². The molecule has 95 heavy (non-hydrogen) atoms. The first-order valence-electron chi connectivity index (χ1n) is 34.0. The summed E-state index contributed by atoms with van der Waals surface area (Å²) in [6.45, 7) is 34.9. The summed E-state index contributed by atoms with van der Waals surface area (Å²) in [4.78, 5) is 7.41. The van der Waals surface area contributed by atoms with Crippen LogP contribution in [0.3, 0.4) is 0 Å². The molecular weight excluding hydrogens is 1170 g/mol. The van der Waals surface area contributed by atoms with E-state index in [1.165, 1.54) is 44.1 Å². The van der Waals surface area contributed by atoms with Gasteiger partial charge >= 0.3 is 0 Å². The van der Waals surface area contributed by atoms with Gasteiger partial charge in [-0.15, -0.1) is 0 Å². The smallest absolute Gasteiger partial charge is 0.145 e. The minimum absolute atomic E-state index is 0.00214. The van der Waals surface area contributed by atoms with Gasteiger partial charge in [0.2, 0.25) is 0 Å². The maximum atomic E-state index is 7.68. The van der Waals surface area contributed by atoms with Crippen LogP contribution in [-0.2, 0) is 27.1 Å². The minimum Gasteiger partial charge on any atom is -0.455 e. The van der Waals surface area contributed by atoms with Crippen LogP contribution >= 0.6 is 0 Å². The Morgan fingerprint density at radius 3 is 1.05 bits per heavy atom. The van der Waals surface area contributed by atoms with Crippen molar-refractivity contribution in [1.82, 2.24) is 0 Å². The summed E-state index contributed by atoms with van der Waals surface area (Å²) in [5.41, 5.74) is 22.5. The highest BCUT2D eigenvalue weighted by Gasteiger charge is 2.50. The lowest BCUT2D eigenvalue weighted by atomic mass is 9.67. The topological polar surface area (TPSA) is 22.9 Å². The molecule has 0 N–H and O–H groups in total. The number of benzene rings is 12. The highest BCUT2D eigenvalue weighted by Crippen LogP contribution is 2.64. The number of fused-ring (bicyclic) bond motifs is 9. The second kappa shape index (κ2) is 23.4. The Balaban J connectivity index is 1.14. The predicted octanol–water partition coefficient (Wildman–Crippen LogP) is 25.2. The molecule has 1 aromatic heterocycles. The van der Waals surface area contributed by atoms with E-state index in [-0.39, 0.29) is 21.7 Å². The van der Waals surface area contributed by atoms with Gasteiger partial charge in [-0.2, -0.15) is 0 Å². The van der Waals surface area contributed by atoms with E-state index in [4.69, 9.17) is 4.42 Å². The molecule has 13 aromatic rings. The van der Waals surface area contributed by atoms with E-state index >= 15 is 0 Å². The molecule has 0 saturated carbocycles. The van der Waals surface area contributed by atoms with Crippen molar-refractivity contribution in [3.8, 4) is 11.1 Å². The van der Waals surface area contributed by atoms with Crippen LogP contribution in [0.25, 0.3) is 43.8 Å². The first kappa shape index (κ1) is 62.7. The summed E-state index contributed by atoms with van der Waals surface area (Å²) in [7, 11) is -1.81. The lowest BCUT2D eigenvalue weighted by Crippen LogP contribution is -2.38. The van der Waals surface area contributed by atoms with Gasteiger partial charge in [-0.1, -0.05) is 272 Å². The number of hydrogen-bond donors (Lipinski definition) is 0. The molecule has 474 valence electrons. The summed E-state index contributed by atoms with van der Waals surface area (Å²) in [6.07, 6.45) is 0. The standard InChI is InChI=1S/C90H89N3OSi/c1-86(2,3)60-34-46-68(47-35-60)91(69-48-36-61(37-49-69)87(4,5)6)70-54-42-64(43-55-70)90(65-44-56-73(57-45-65)95(13,14)15)77-58-79(92(66-26-18-16-19-27-66)71-50-38-62(39-51-71)88(7,8)9)74-30-22-23-31-75(74)82(77)84-78(90)59-80(83-76-32-24-25-33-81(76)94-85(83)84)93(67-28-20-17-21-29-67)72-52-40-63(41-53-72)89(10,11)12/h16-59H,1-15H3. The summed E-state index contributed by atoms with van der Waals surface area (Å²) in [5.74, 6) is 0. The molecule has 1 atom stereocenters. The maximum absolute atomic E-state index is 7.68. The van der Waals surface area contributed by atoms with Crippen LogP contribution in [0.4, 0.5) is 51.2 Å². The van der Waals surface area contributed by atoms with Crippen molar-refractivity contribution in [3.63, 3.8) is 0 Å². The van der Waals surface area contributed by atoms with Gasteiger partial charge < -0.3 is 19.1 Å². The van der Waals surface area contributed by atoms with Crippen LogP contribution in [0.2, 0.25) is 19.6 Å². The van der Waals surface area contributed by atoms with E-state index in [1.54, 1.807) is 0 Å². The quantitative estimate of drug-likeness (QED) is 0.114. The monoisotopic (exact) mass is 1260 g/mol. The Kier molecular flexibility index (Phi) is 15.4. The molecule has 5 heteroatoms. The predicted molar refractivity (Wildman–Crippen MR) is 410 cm³/mol. The Hall–Kier alpha value is -9.68. The summed E-state index contributed by atoms with van der Waals surface area (Å²) < 4.78 is 7.68. The zero-order valence-electron chi connectivity index (χ0n) is 58.2. The molecule has 0 bridgehead atoms. The van der Waals surface area contributed by atoms with Gasteiger partial charge in [-0.3, -0.25) is 0 Å². The van der Waals surface area contributed by atoms with Gasteiger partial charge in [0, 0.05) is 56.1 Å². The third kappa shape index (κ3) is 11.2. The number of rotatable bonds is 12. The fourth-order valence-corrected chi connectivity index (χ4v) is 15.8. The molecule has 4 nitrogen and oxygen atoms in total. The lowest BCUT2D eigenvalue weighted by Gasteiger charge is -2.37. The van der Waals surface area contributed by atoms with E-state index in [1.807, 2.05) is 0 Å². The van der Waals surface area contributed by atoms with Crippen LogP contribution in [0.15, 0.2) is 271 Å². The number of para-hydroxylation sites is 3. The maximum Gasteiger partial charge on any atom is 0.145 e. The van der Waals surface area contributed by atoms with Gasteiger partial charge in [0.25, 0.3) is 0 Å². The SMILES string of the molecule is CC(C)(C)c1ccc(N(c2ccc(C(C)(C)C)cc2)c2ccc(C3(c4ccc([Si](C)(C)C)cc4)c4cc(N(c5ccccc5)c5ccc(C(C)(C)C)cc5)c5ccccc5c4-c4c3cc(N(c3ccccc3)c3ccc(C(C)(C)C)cc3)c3c4oc4ccccc43)cc2)cc1. The Morgan fingerprint density at radius 2 is 0.632 bits per heavy atom. The van der Waals surface area contributed by atoms with E-state index in [0.717, 1.165) is 101 Å². The molecule has 12 aromatic carbocycles. The molecule has 1 aliphatic rings. The molecule has 1 aliphatic carbocycles. The Labute approximate surface area is 565 Å². The lowest BCUT2D eigenvalue weighted by molar-refractivity contribution is 0.590. The van der Waals surface area contributed by atoms with Crippen molar-refractivity contribution in [1.29, 1.82) is 0 Å². The molecule has 0 spiro atoms. The van der Waals surface area contributed by atoms with Crippen molar-refractivity contribution in [2.45, 2.75) is 130 Å². The van der Waals surface area contributed by atoms with Crippen molar-refractivity contribution < 1.29 is 4.42 Å². The summed E-state index contributed by atoms with van der Waals surface area (Å²) in [6, 6.07) is 101. The van der Waals surface area contributed by atoms with Gasteiger partial charge in [-0.05, 0) is 180 Å². The van der Waals surface area contributed by atoms with Crippen LogP contribution in [0.5, 0.6) is 0 Å². The van der Waals surface area contributed by atoms with E-state index in [2.05, 4.69) is 384 Å². The second-order valence-electron chi connectivity index (χ2n) is 31.5. The molecule has 0 amide bonds. The Morgan fingerprint density at radius 1 is 0.305 bits per heavy atom.